The molecule has 3 heteroatoms. The highest BCUT2D eigenvalue weighted by molar-refractivity contribution is 4.97. The zero-order chi connectivity index (χ0) is 7.90. The van der Waals surface area contributed by atoms with Crippen molar-refractivity contribution < 1.29 is 10.2 Å². The number of rotatable bonds is 1. The number of fused-ring (bicyclic) bond motifs is 3. The van der Waals surface area contributed by atoms with E-state index >= 15 is 0 Å². The van der Waals surface area contributed by atoms with E-state index in [-0.39, 0.29) is 6.61 Å². The fourth-order valence-corrected chi connectivity index (χ4v) is 2.32. The van der Waals surface area contributed by atoms with Crippen LogP contribution >= 0.6 is 0 Å². The second kappa shape index (κ2) is 2.44. The summed E-state index contributed by atoms with van der Waals surface area (Å²) < 4.78 is 0. The minimum absolute atomic E-state index is 0.0752. The average molecular weight is 157 g/mol. The molecule has 2 bridgehead atoms. The normalized spacial score (nSPS) is 49.6. The molecule has 0 unspecified atom stereocenters. The van der Waals surface area contributed by atoms with Gasteiger partial charge in [0.25, 0.3) is 0 Å². The summed E-state index contributed by atoms with van der Waals surface area (Å²) in [5.74, 6) is 0.345. The van der Waals surface area contributed by atoms with Gasteiger partial charge >= 0.3 is 0 Å². The molecule has 1 atom stereocenters. The van der Waals surface area contributed by atoms with Gasteiger partial charge in [0.1, 0.15) is 5.60 Å². The van der Waals surface area contributed by atoms with Crippen LogP contribution < -0.4 is 0 Å². The van der Waals surface area contributed by atoms with Crippen LogP contribution in [0, 0.1) is 5.92 Å². The molecule has 3 rings (SSSR count). The van der Waals surface area contributed by atoms with Crippen molar-refractivity contribution in [2.45, 2.75) is 18.4 Å². The van der Waals surface area contributed by atoms with Gasteiger partial charge in [-0.3, -0.25) is 0 Å². The first kappa shape index (κ1) is 7.53. The monoisotopic (exact) mass is 157 g/mol. The number of nitrogens with zero attached hydrogens (tertiary/aromatic N) is 1. The van der Waals surface area contributed by atoms with E-state index in [2.05, 4.69) is 4.90 Å². The fraction of sp³-hybridized carbons (Fsp3) is 1.00. The minimum Gasteiger partial charge on any atom is -0.393 e. The molecule has 0 amide bonds. The molecule has 3 saturated heterocycles. The van der Waals surface area contributed by atoms with E-state index in [1.807, 2.05) is 0 Å². The summed E-state index contributed by atoms with van der Waals surface area (Å²) in [7, 11) is 0. The quantitative estimate of drug-likeness (QED) is 0.536. The molecular formula is C8H15NO2. The maximum atomic E-state index is 9.88. The SMILES string of the molecule is OC[C@@]1(O)CN2CCC1CC2. The zero-order valence-corrected chi connectivity index (χ0v) is 6.66. The second-order valence-electron chi connectivity index (χ2n) is 3.81. The van der Waals surface area contributed by atoms with Crippen LogP contribution in [-0.2, 0) is 0 Å². The van der Waals surface area contributed by atoms with Crippen molar-refractivity contribution in [2.24, 2.45) is 5.92 Å². The van der Waals surface area contributed by atoms with Crippen molar-refractivity contribution in [1.82, 2.24) is 4.90 Å². The molecule has 0 spiro atoms. The van der Waals surface area contributed by atoms with E-state index in [0.29, 0.717) is 12.5 Å². The third-order valence-corrected chi connectivity index (χ3v) is 3.12. The molecule has 0 aromatic carbocycles. The van der Waals surface area contributed by atoms with Gasteiger partial charge in [-0.1, -0.05) is 0 Å². The Morgan fingerprint density at radius 1 is 1.36 bits per heavy atom. The molecule has 0 radical (unpaired) electrons. The molecule has 0 aromatic heterocycles. The molecule has 3 fully saturated rings. The third kappa shape index (κ3) is 1.08. The summed E-state index contributed by atoms with van der Waals surface area (Å²) in [6.07, 6.45) is 2.11. The summed E-state index contributed by atoms with van der Waals surface area (Å²) in [5.41, 5.74) is -0.781. The van der Waals surface area contributed by atoms with Crippen LogP contribution in [-0.4, -0.2) is 47.0 Å². The third-order valence-electron chi connectivity index (χ3n) is 3.12. The van der Waals surface area contributed by atoms with Crippen molar-refractivity contribution in [1.29, 1.82) is 0 Å². The zero-order valence-electron chi connectivity index (χ0n) is 6.66. The van der Waals surface area contributed by atoms with Gasteiger partial charge in [-0.05, 0) is 31.8 Å². The highest BCUT2D eigenvalue weighted by Gasteiger charge is 2.44. The minimum atomic E-state index is -0.781. The lowest BCUT2D eigenvalue weighted by molar-refractivity contribution is -0.136. The first-order valence-corrected chi connectivity index (χ1v) is 4.30. The predicted octanol–water partition coefficient (Wildman–Crippen LogP) is -0.565. The molecular weight excluding hydrogens is 142 g/mol. The second-order valence-corrected chi connectivity index (χ2v) is 3.81. The first-order valence-electron chi connectivity index (χ1n) is 4.30. The van der Waals surface area contributed by atoms with E-state index in [1.165, 1.54) is 0 Å². The van der Waals surface area contributed by atoms with Gasteiger partial charge in [0.15, 0.2) is 0 Å². The maximum Gasteiger partial charge on any atom is 0.103 e. The summed E-state index contributed by atoms with van der Waals surface area (Å²) in [4.78, 5) is 2.23. The largest absolute Gasteiger partial charge is 0.393 e. The molecule has 3 nitrogen and oxygen atoms in total. The standard InChI is InChI=1S/C8H15NO2/c10-6-8(11)5-9-3-1-7(8)2-4-9/h7,10-11H,1-6H2/t8-/m0/s1. The average Bonchev–Trinajstić information content (AvgIpc) is 2.06. The first-order chi connectivity index (χ1) is 5.24. The smallest absolute Gasteiger partial charge is 0.103 e. The van der Waals surface area contributed by atoms with Crippen LogP contribution in [0.2, 0.25) is 0 Å². The lowest BCUT2D eigenvalue weighted by atomic mass is 9.76. The van der Waals surface area contributed by atoms with Gasteiger partial charge in [0.05, 0.1) is 6.61 Å². The molecule has 2 N–H and O–H groups in total. The topological polar surface area (TPSA) is 43.7 Å². The van der Waals surface area contributed by atoms with Gasteiger partial charge in [-0.15, -0.1) is 0 Å². The highest BCUT2D eigenvalue weighted by atomic mass is 16.3. The summed E-state index contributed by atoms with van der Waals surface area (Å²) in [6, 6.07) is 0. The van der Waals surface area contributed by atoms with E-state index in [4.69, 9.17) is 5.11 Å². The Kier molecular flexibility index (Phi) is 1.67. The molecule has 11 heavy (non-hydrogen) atoms. The van der Waals surface area contributed by atoms with Gasteiger partial charge in [0.2, 0.25) is 0 Å². The van der Waals surface area contributed by atoms with Crippen LogP contribution in [0.25, 0.3) is 0 Å². The predicted molar refractivity (Wildman–Crippen MR) is 41.2 cm³/mol. The van der Waals surface area contributed by atoms with Gasteiger partial charge in [0, 0.05) is 6.54 Å². The van der Waals surface area contributed by atoms with E-state index in [9.17, 15) is 5.11 Å². The Morgan fingerprint density at radius 2 is 2.00 bits per heavy atom. The molecule has 0 saturated carbocycles. The van der Waals surface area contributed by atoms with E-state index in [0.717, 1.165) is 25.9 Å². The number of aliphatic hydroxyl groups is 2. The van der Waals surface area contributed by atoms with Gasteiger partial charge < -0.3 is 15.1 Å². The molecule has 0 aliphatic carbocycles. The lowest BCUT2D eigenvalue weighted by Crippen LogP contribution is -2.60. The lowest BCUT2D eigenvalue weighted by Gasteiger charge is -2.49. The molecule has 0 aromatic rings. The Morgan fingerprint density at radius 3 is 2.27 bits per heavy atom. The Bertz CT molecular complexity index is 154. The summed E-state index contributed by atoms with van der Waals surface area (Å²) in [5, 5.41) is 18.9. The number of aliphatic hydroxyl groups excluding tert-OH is 1. The van der Waals surface area contributed by atoms with Gasteiger partial charge in [-0.2, -0.15) is 0 Å². The highest BCUT2D eigenvalue weighted by Crippen LogP contribution is 2.34. The Labute approximate surface area is 66.6 Å². The van der Waals surface area contributed by atoms with Gasteiger partial charge in [-0.25, -0.2) is 0 Å². The van der Waals surface area contributed by atoms with E-state index < -0.39 is 5.60 Å². The Balaban J connectivity index is 2.13. The van der Waals surface area contributed by atoms with Crippen molar-refractivity contribution in [3.63, 3.8) is 0 Å². The number of hydrogen-bond acceptors (Lipinski definition) is 3. The maximum absolute atomic E-state index is 9.88. The molecule has 64 valence electrons. The summed E-state index contributed by atoms with van der Waals surface area (Å²) >= 11 is 0. The number of piperidine rings is 3. The Hall–Kier alpha value is -0.120. The van der Waals surface area contributed by atoms with Crippen molar-refractivity contribution in [2.75, 3.05) is 26.2 Å². The van der Waals surface area contributed by atoms with Crippen LogP contribution in [0.1, 0.15) is 12.8 Å². The van der Waals surface area contributed by atoms with Crippen LogP contribution in [0.15, 0.2) is 0 Å². The van der Waals surface area contributed by atoms with Crippen LogP contribution in [0.5, 0.6) is 0 Å². The molecule has 3 aliphatic rings. The molecule has 3 heterocycles. The van der Waals surface area contributed by atoms with Crippen molar-refractivity contribution in [3.8, 4) is 0 Å². The van der Waals surface area contributed by atoms with Crippen molar-refractivity contribution in [3.05, 3.63) is 0 Å². The molecule has 3 aliphatic heterocycles. The van der Waals surface area contributed by atoms with Crippen molar-refractivity contribution >= 4 is 0 Å². The number of hydrogen-bond donors (Lipinski definition) is 2. The van der Waals surface area contributed by atoms with Crippen LogP contribution in [0.4, 0.5) is 0 Å². The fourth-order valence-electron chi connectivity index (χ4n) is 2.32. The van der Waals surface area contributed by atoms with Crippen LogP contribution in [0.3, 0.4) is 0 Å². The van der Waals surface area contributed by atoms with E-state index in [1.54, 1.807) is 0 Å². The summed E-state index contributed by atoms with van der Waals surface area (Å²) in [6.45, 7) is 2.81.